The second-order valence-corrected chi connectivity index (χ2v) is 1.52. The van der Waals surface area contributed by atoms with Crippen molar-refractivity contribution in [1.82, 2.24) is 5.32 Å². The van der Waals surface area contributed by atoms with E-state index in [9.17, 15) is 4.79 Å². The van der Waals surface area contributed by atoms with E-state index in [1.807, 2.05) is 0 Å². The maximum Gasteiger partial charge on any atom is 0.246 e. The first-order chi connectivity index (χ1) is 3.81. The Morgan fingerprint density at radius 2 is 2.50 bits per heavy atom. The summed E-state index contributed by atoms with van der Waals surface area (Å²) in [6, 6.07) is 0. The van der Waals surface area contributed by atoms with Gasteiger partial charge >= 0.3 is 0 Å². The van der Waals surface area contributed by atoms with Crippen molar-refractivity contribution in [2.24, 2.45) is 0 Å². The average Bonchev–Trinajstić information content (AvgIpc) is 1.68. The molecule has 0 aromatic rings. The summed E-state index contributed by atoms with van der Waals surface area (Å²) in [5.74, 6) is -0.315. The Morgan fingerprint density at radius 1 is 1.88 bits per heavy atom. The van der Waals surface area contributed by atoms with Crippen LogP contribution in [0.2, 0.25) is 0 Å². The molecule has 0 unspecified atom stereocenters. The summed E-state index contributed by atoms with van der Waals surface area (Å²) >= 11 is 2.90. The Morgan fingerprint density at radius 3 is 2.88 bits per heavy atom. The first-order valence-corrected chi connectivity index (χ1v) is 2.88. The van der Waals surface area contributed by atoms with Crippen LogP contribution in [-0.4, -0.2) is 17.7 Å². The zero-order valence-corrected chi connectivity index (χ0v) is 5.68. The summed E-state index contributed by atoms with van der Waals surface area (Å²) in [7, 11) is 0. The molecular formula is C4H6BrNO2. The van der Waals surface area contributed by atoms with E-state index in [-0.39, 0.29) is 12.6 Å². The highest BCUT2D eigenvalue weighted by Crippen LogP contribution is 1.80. The van der Waals surface area contributed by atoms with Crippen LogP contribution >= 0.6 is 15.9 Å². The lowest BCUT2D eigenvalue weighted by atomic mass is 10.6. The zero-order valence-electron chi connectivity index (χ0n) is 4.10. The largest absolute Gasteiger partial charge is 0.376 e. The summed E-state index contributed by atoms with van der Waals surface area (Å²) in [6.07, 6.45) is 1.26. The molecule has 0 aromatic heterocycles. The molecule has 0 aliphatic heterocycles. The number of carbonyl (C=O) groups is 1. The number of halogens is 1. The van der Waals surface area contributed by atoms with Crippen LogP contribution in [-0.2, 0) is 4.79 Å². The summed E-state index contributed by atoms with van der Waals surface area (Å²) < 4.78 is 0. The van der Waals surface area contributed by atoms with Gasteiger partial charge in [-0.2, -0.15) is 0 Å². The number of amides is 1. The standard InChI is InChI=1S/C4H6BrNO2/c5-2-1-4(8)6-3-7/h1-2,7H,3H2,(H,6,8). The minimum Gasteiger partial charge on any atom is -0.376 e. The molecule has 0 radical (unpaired) electrons. The fourth-order valence-electron chi connectivity index (χ4n) is 0.194. The van der Waals surface area contributed by atoms with Crippen molar-refractivity contribution in [3.05, 3.63) is 11.1 Å². The van der Waals surface area contributed by atoms with Crippen molar-refractivity contribution in [1.29, 1.82) is 0 Å². The highest BCUT2D eigenvalue weighted by molar-refractivity contribution is 9.11. The van der Waals surface area contributed by atoms with Crippen molar-refractivity contribution in [2.45, 2.75) is 0 Å². The maximum absolute atomic E-state index is 10.3. The summed E-state index contributed by atoms with van der Waals surface area (Å²) in [5.41, 5.74) is 0. The molecule has 0 atom stereocenters. The quantitative estimate of drug-likeness (QED) is 0.462. The molecule has 0 fully saturated rings. The van der Waals surface area contributed by atoms with Gasteiger partial charge in [-0.1, -0.05) is 15.9 Å². The van der Waals surface area contributed by atoms with Crippen LogP contribution in [0.15, 0.2) is 11.1 Å². The van der Waals surface area contributed by atoms with Crippen LogP contribution in [0.4, 0.5) is 0 Å². The first-order valence-electron chi connectivity index (χ1n) is 1.96. The van der Waals surface area contributed by atoms with Gasteiger partial charge in [0.25, 0.3) is 0 Å². The average molecular weight is 180 g/mol. The van der Waals surface area contributed by atoms with Gasteiger partial charge < -0.3 is 10.4 Å². The van der Waals surface area contributed by atoms with Gasteiger partial charge in [-0.25, -0.2) is 0 Å². The van der Waals surface area contributed by atoms with Crippen molar-refractivity contribution in [3.63, 3.8) is 0 Å². The predicted molar refractivity (Wildman–Crippen MR) is 33.3 cm³/mol. The number of aliphatic hydroxyl groups excluding tert-OH is 1. The molecule has 0 aromatic carbocycles. The molecule has 0 bridgehead atoms. The van der Waals surface area contributed by atoms with E-state index in [0.717, 1.165) is 0 Å². The highest BCUT2D eigenvalue weighted by atomic mass is 79.9. The molecule has 0 heterocycles. The fraction of sp³-hybridized carbons (Fsp3) is 0.250. The molecule has 1 amide bonds. The first kappa shape index (κ1) is 7.65. The molecule has 0 spiro atoms. The third-order valence-electron chi connectivity index (χ3n) is 0.468. The van der Waals surface area contributed by atoms with Crippen LogP contribution in [0.25, 0.3) is 0 Å². The van der Waals surface area contributed by atoms with E-state index in [0.29, 0.717) is 0 Å². The molecule has 0 saturated heterocycles. The van der Waals surface area contributed by atoms with Gasteiger partial charge in [0.1, 0.15) is 6.73 Å². The molecule has 8 heavy (non-hydrogen) atoms. The predicted octanol–water partition coefficient (Wildman–Crippen LogP) is -0.0390. The second kappa shape index (κ2) is 4.80. The van der Waals surface area contributed by atoms with Crippen molar-refractivity contribution in [2.75, 3.05) is 6.73 Å². The fourth-order valence-corrected chi connectivity index (χ4v) is 0.434. The van der Waals surface area contributed by atoms with Gasteiger partial charge in [-0.05, 0) is 4.99 Å². The van der Waals surface area contributed by atoms with Crippen molar-refractivity contribution >= 4 is 21.8 Å². The lowest BCUT2D eigenvalue weighted by molar-refractivity contribution is -0.117. The second-order valence-electron chi connectivity index (χ2n) is 0.992. The van der Waals surface area contributed by atoms with E-state index in [2.05, 4.69) is 21.2 Å². The van der Waals surface area contributed by atoms with Gasteiger partial charge in [0, 0.05) is 6.08 Å². The number of hydrogen-bond acceptors (Lipinski definition) is 2. The summed E-state index contributed by atoms with van der Waals surface area (Å²) in [4.78, 5) is 11.7. The molecule has 46 valence electrons. The van der Waals surface area contributed by atoms with E-state index in [4.69, 9.17) is 5.11 Å². The molecule has 0 saturated carbocycles. The molecule has 0 aliphatic rings. The number of aliphatic hydroxyl groups is 1. The molecule has 0 aliphatic carbocycles. The van der Waals surface area contributed by atoms with Crippen LogP contribution in [0.5, 0.6) is 0 Å². The monoisotopic (exact) mass is 179 g/mol. The van der Waals surface area contributed by atoms with Crippen LogP contribution < -0.4 is 5.32 Å². The topological polar surface area (TPSA) is 49.3 Å². The number of nitrogens with one attached hydrogen (secondary N) is 1. The highest BCUT2D eigenvalue weighted by Gasteiger charge is 1.86. The lowest BCUT2D eigenvalue weighted by Gasteiger charge is -1.90. The van der Waals surface area contributed by atoms with E-state index in [1.165, 1.54) is 11.1 Å². The van der Waals surface area contributed by atoms with Crippen molar-refractivity contribution < 1.29 is 9.90 Å². The number of carbonyl (C=O) groups excluding carboxylic acids is 1. The Balaban J connectivity index is 3.33. The van der Waals surface area contributed by atoms with Gasteiger partial charge in [0.05, 0.1) is 0 Å². The summed E-state index contributed by atoms with van der Waals surface area (Å²) in [6.45, 7) is -0.323. The molecule has 4 heteroatoms. The Labute approximate surface area is 55.5 Å². The van der Waals surface area contributed by atoms with E-state index < -0.39 is 0 Å². The van der Waals surface area contributed by atoms with Crippen molar-refractivity contribution in [3.8, 4) is 0 Å². The van der Waals surface area contributed by atoms with E-state index >= 15 is 0 Å². The molecular weight excluding hydrogens is 174 g/mol. The molecule has 3 nitrogen and oxygen atoms in total. The third-order valence-corrected chi connectivity index (χ3v) is 0.732. The summed E-state index contributed by atoms with van der Waals surface area (Å²) in [5, 5.41) is 10.2. The zero-order chi connectivity index (χ0) is 6.41. The Hall–Kier alpha value is -0.350. The number of hydrogen-bond donors (Lipinski definition) is 2. The normalized spacial score (nSPS) is 9.75. The minimum absolute atomic E-state index is 0.315. The SMILES string of the molecule is O=C(C=CBr)NCO. The molecule has 2 N–H and O–H groups in total. The third kappa shape index (κ3) is 3.83. The molecule has 0 rings (SSSR count). The van der Waals surface area contributed by atoms with Crippen LogP contribution in [0, 0.1) is 0 Å². The van der Waals surface area contributed by atoms with Gasteiger partial charge in [0.15, 0.2) is 0 Å². The van der Waals surface area contributed by atoms with Gasteiger partial charge in [-0.3, -0.25) is 4.79 Å². The maximum atomic E-state index is 10.3. The van der Waals surface area contributed by atoms with E-state index in [1.54, 1.807) is 0 Å². The lowest BCUT2D eigenvalue weighted by Crippen LogP contribution is -2.21. The van der Waals surface area contributed by atoms with Crippen LogP contribution in [0.1, 0.15) is 0 Å². The van der Waals surface area contributed by atoms with Gasteiger partial charge in [-0.15, -0.1) is 0 Å². The van der Waals surface area contributed by atoms with Gasteiger partial charge in [0.2, 0.25) is 5.91 Å². The smallest absolute Gasteiger partial charge is 0.246 e. The number of rotatable bonds is 2. The Kier molecular flexibility index (Phi) is 4.59. The van der Waals surface area contributed by atoms with Crippen LogP contribution in [0.3, 0.4) is 0 Å². The minimum atomic E-state index is -0.323. The Bertz CT molecular complexity index is 102.